The van der Waals surface area contributed by atoms with E-state index >= 15 is 0 Å². The maximum Gasteiger partial charge on any atom is 0.573 e. The van der Waals surface area contributed by atoms with Crippen LogP contribution in [-0.4, -0.2) is 19.7 Å². The molecule has 0 aliphatic rings. The lowest BCUT2D eigenvalue weighted by molar-refractivity contribution is -0.384. The molecule has 0 heterocycles. The number of benzene rings is 2. The van der Waals surface area contributed by atoms with Crippen LogP contribution in [0.3, 0.4) is 0 Å². The molecule has 0 radical (unpaired) electrons. The second-order valence-corrected chi connectivity index (χ2v) is 7.56. The van der Waals surface area contributed by atoms with Crippen LogP contribution in [0, 0.1) is 17.0 Å². The van der Waals surface area contributed by atoms with Crippen LogP contribution in [0.15, 0.2) is 45.8 Å². The fourth-order valence-corrected chi connectivity index (χ4v) is 3.67. The third-order valence-corrected chi connectivity index (χ3v) is 5.03. The summed E-state index contributed by atoms with van der Waals surface area (Å²) in [5.74, 6) is -0.866. The van der Waals surface area contributed by atoms with Crippen molar-refractivity contribution >= 4 is 37.3 Å². The molecule has 0 saturated carbocycles. The third-order valence-electron chi connectivity index (χ3n) is 3.04. The third kappa shape index (κ3) is 4.85. The van der Waals surface area contributed by atoms with Gasteiger partial charge in [-0.3, -0.25) is 14.8 Å². The van der Waals surface area contributed by atoms with Crippen LogP contribution in [0.2, 0.25) is 0 Å². The van der Waals surface area contributed by atoms with Gasteiger partial charge in [0.05, 0.1) is 20.4 Å². The minimum Gasteiger partial charge on any atom is -0.405 e. The average Bonchev–Trinajstić information content (AvgIpc) is 2.48. The van der Waals surface area contributed by atoms with Crippen LogP contribution in [-0.2, 0) is 10.0 Å². The molecule has 1 N–H and O–H groups in total. The van der Waals surface area contributed by atoms with Gasteiger partial charge in [0, 0.05) is 0 Å². The number of nitrogens with zero attached hydrogens (tertiary/aromatic N) is 1. The second kappa shape index (κ2) is 7.11. The molecule has 2 aromatic carbocycles. The van der Waals surface area contributed by atoms with Crippen LogP contribution in [0.1, 0.15) is 5.56 Å². The number of hydrogen-bond donors (Lipinski definition) is 1. The van der Waals surface area contributed by atoms with Crippen molar-refractivity contribution < 1.29 is 31.2 Å². The number of alkyl halides is 3. The molecule has 0 atom stereocenters. The summed E-state index contributed by atoms with van der Waals surface area (Å²) in [4.78, 5) is 9.98. The van der Waals surface area contributed by atoms with Gasteiger partial charge in [0.25, 0.3) is 15.7 Å². The van der Waals surface area contributed by atoms with E-state index in [0.717, 1.165) is 11.6 Å². The highest BCUT2D eigenvalue weighted by Crippen LogP contribution is 2.39. The van der Waals surface area contributed by atoms with Gasteiger partial charge in [0.15, 0.2) is 0 Å². The minimum absolute atomic E-state index is 0.167. The molecule has 0 aromatic heterocycles. The number of ether oxygens (including phenoxy) is 1. The molecule has 0 spiro atoms. The van der Waals surface area contributed by atoms with Crippen molar-refractivity contribution in [3.8, 4) is 5.75 Å². The fraction of sp³-hybridized carbons (Fsp3) is 0.143. The quantitative estimate of drug-likeness (QED) is 0.534. The molecule has 0 amide bonds. The number of nitro benzene ring substituents is 1. The van der Waals surface area contributed by atoms with E-state index in [1.165, 1.54) is 24.3 Å². The molecule has 0 bridgehead atoms. The van der Waals surface area contributed by atoms with E-state index in [1.54, 1.807) is 6.92 Å². The zero-order valence-corrected chi connectivity index (χ0v) is 15.3. The van der Waals surface area contributed by atoms with E-state index in [-0.39, 0.29) is 9.37 Å². The Morgan fingerprint density at radius 3 is 2.27 bits per heavy atom. The smallest absolute Gasteiger partial charge is 0.405 e. The Hall–Kier alpha value is -2.34. The number of aryl methyl sites for hydroxylation is 1. The van der Waals surface area contributed by atoms with Crippen LogP contribution >= 0.6 is 15.9 Å². The highest BCUT2D eigenvalue weighted by atomic mass is 79.9. The number of nitrogens with one attached hydrogen (secondary N) is 1. The zero-order valence-electron chi connectivity index (χ0n) is 12.9. The van der Waals surface area contributed by atoms with E-state index in [0.29, 0.717) is 6.07 Å². The van der Waals surface area contributed by atoms with Crippen molar-refractivity contribution in [3.63, 3.8) is 0 Å². The summed E-state index contributed by atoms with van der Waals surface area (Å²) < 4.78 is 67.1. The first-order valence-electron chi connectivity index (χ1n) is 6.72. The Balaban J connectivity index is 2.48. The van der Waals surface area contributed by atoms with Crippen molar-refractivity contribution in [2.75, 3.05) is 4.72 Å². The van der Waals surface area contributed by atoms with E-state index in [1.807, 2.05) is 4.72 Å². The predicted molar refractivity (Wildman–Crippen MR) is 89.5 cm³/mol. The first-order chi connectivity index (χ1) is 11.9. The Kier molecular flexibility index (Phi) is 5.47. The number of halogens is 4. The van der Waals surface area contributed by atoms with Gasteiger partial charge in [-0.15, -0.1) is 13.2 Å². The van der Waals surface area contributed by atoms with Gasteiger partial charge in [-0.25, -0.2) is 8.42 Å². The van der Waals surface area contributed by atoms with Gasteiger partial charge in [0.2, 0.25) is 0 Å². The standard InChI is InChI=1S/C14H10BrF3N2O5S/c1-8-2-4-10(5-3-8)26(23,24)19-13-11(15)6-9(25-14(16,17)18)7-12(13)20(21)22/h2-7,19H,1H3. The molecule has 0 aliphatic carbocycles. The van der Waals surface area contributed by atoms with Gasteiger partial charge < -0.3 is 4.74 Å². The monoisotopic (exact) mass is 454 g/mol. The molecule has 7 nitrogen and oxygen atoms in total. The summed E-state index contributed by atoms with van der Waals surface area (Å²) in [7, 11) is -4.20. The largest absolute Gasteiger partial charge is 0.573 e. The van der Waals surface area contributed by atoms with Crippen molar-refractivity contribution in [3.05, 3.63) is 56.5 Å². The molecule has 0 unspecified atom stereocenters. The summed E-state index contributed by atoms with van der Waals surface area (Å²) in [6.07, 6.45) is -5.06. The molecule has 2 rings (SSSR count). The molecule has 0 saturated heterocycles. The van der Waals surface area contributed by atoms with E-state index in [2.05, 4.69) is 20.7 Å². The molecule has 2 aromatic rings. The summed E-state index contributed by atoms with van der Waals surface area (Å²) in [6.45, 7) is 1.74. The van der Waals surface area contributed by atoms with E-state index < -0.39 is 38.4 Å². The van der Waals surface area contributed by atoms with Crippen LogP contribution in [0.5, 0.6) is 5.75 Å². The molecule has 12 heteroatoms. The maximum absolute atomic E-state index is 12.4. The Bertz CT molecular complexity index is 946. The maximum atomic E-state index is 12.4. The second-order valence-electron chi connectivity index (χ2n) is 5.02. The van der Waals surface area contributed by atoms with Crippen molar-refractivity contribution in [1.29, 1.82) is 0 Å². The number of sulfonamides is 1. The van der Waals surface area contributed by atoms with Crippen molar-refractivity contribution in [2.45, 2.75) is 18.2 Å². The Morgan fingerprint density at radius 1 is 1.19 bits per heavy atom. The average molecular weight is 455 g/mol. The number of anilines is 1. The SMILES string of the molecule is Cc1ccc(S(=O)(=O)Nc2c(Br)cc(OC(F)(F)F)cc2[N+](=O)[O-])cc1. The highest BCUT2D eigenvalue weighted by molar-refractivity contribution is 9.10. The summed E-state index contributed by atoms with van der Waals surface area (Å²) in [5, 5.41) is 11.2. The van der Waals surface area contributed by atoms with Crippen molar-refractivity contribution in [1.82, 2.24) is 0 Å². The van der Waals surface area contributed by atoms with E-state index in [9.17, 15) is 31.7 Å². The predicted octanol–water partition coefficient (Wildman–Crippen LogP) is 4.37. The van der Waals surface area contributed by atoms with E-state index in [4.69, 9.17) is 0 Å². The number of rotatable bonds is 5. The topological polar surface area (TPSA) is 98.5 Å². The summed E-state index contributed by atoms with van der Waals surface area (Å²) in [5.41, 5.74) is -0.635. The summed E-state index contributed by atoms with van der Waals surface area (Å²) in [6, 6.07) is 6.88. The molecular weight excluding hydrogens is 445 g/mol. The lowest BCUT2D eigenvalue weighted by Crippen LogP contribution is -2.18. The molecule has 0 fully saturated rings. The Morgan fingerprint density at radius 2 is 1.77 bits per heavy atom. The van der Waals surface area contributed by atoms with Gasteiger partial charge in [0.1, 0.15) is 11.4 Å². The van der Waals surface area contributed by atoms with Gasteiger partial charge in [-0.2, -0.15) is 0 Å². The minimum atomic E-state index is -5.06. The van der Waals surface area contributed by atoms with Crippen molar-refractivity contribution in [2.24, 2.45) is 0 Å². The normalized spacial score (nSPS) is 11.9. The molecule has 0 aliphatic heterocycles. The first-order valence-corrected chi connectivity index (χ1v) is 9.00. The zero-order chi connectivity index (χ0) is 19.7. The van der Waals surface area contributed by atoms with Crippen LogP contribution in [0.25, 0.3) is 0 Å². The fourth-order valence-electron chi connectivity index (χ4n) is 1.92. The molecule has 140 valence electrons. The van der Waals surface area contributed by atoms with Gasteiger partial charge in [-0.1, -0.05) is 17.7 Å². The lowest BCUT2D eigenvalue weighted by atomic mass is 10.2. The highest BCUT2D eigenvalue weighted by Gasteiger charge is 2.33. The lowest BCUT2D eigenvalue weighted by Gasteiger charge is -2.13. The first kappa shape index (κ1) is 20.0. The number of hydrogen-bond acceptors (Lipinski definition) is 5. The Labute approximate surface area is 154 Å². The van der Waals surface area contributed by atoms with Gasteiger partial charge in [-0.05, 0) is 41.1 Å². The molecular formula is C14H10BrF3N2O5S. The van der Waals surface area contributed by atoms with Gasteiger partial charge >= 0.3 is 6.36 Å². The summed E-state index contributed by atoms with van der Waals surface area (Å²) >= 11 is 2.83. The number of nitro groups is 1. The molecule has 26 heavy (non-hydrogen) atoms. The van der Waals surface area contributed by atoms with Crippen LogP contribution < -0.4 is 9.46 Å². The van der Waals surface area contributed by atoms with Crippen LogP contribution in [0.4, 0.5) is 24.5 Å².